The largest absolute Gasteiger partial charge is 0.462 e. The van der Waals surface area contributed by atoms with Crippen LogP contribution < -0.4 is 0 Å². The third-order valence-electron chi connectivity index (χ3n) is 12.6. The van der Waals surface area contributed by atoms with Crippen LogP contribution in [0.15, 0.2) is 36.5 Å². The Balaban J connectivity index is 4.16. The first kappa shape index (κ1) is 62.6. The summed E-state index contributed by atoms with van der Waals surface area (Å²) in [5.74, 6) is -0.872. The van der Waals surface area contributed by atoms with Crippen LogP contribution >= 0.6 is 0 Å². The Kier molecular flexibility index (Phi) is 52.3. The zero-order chi connectivity index (χ0) is 47.2. The highest BCUT2D eigenvalue weighted by molar-refractivity contribution is 5.71. The molecule has 65 heavy (non-hydrogen) atoms. The van der Waals surface area contributed by atoms with E-state index in [-0.39, 0.29) is 31.1 Å². The Morgan fingerprint density at radius 3 is 0.877 bits per heavy atom. The van der Waals surface area contributed by atoms with Crippen molar-refractivity contribution in [2.75, 3.05) is 13.2 Å². The summed E-state index contributed by atoms with van der Waals surface area (Å²) in [6.07, 6.45) is 64.3. The molecule has 0 heterocycles. The van der Waals surface area contributed by atoms with Gasteiger partial charge in [-0.3, -0.25) is 14.4 Å². The van der Waals surface area contributed by atoms with Crippen molar-refractivity contribution < 1.29 is 28.6 Å². The summed E-state index contributed by atoms with van der Waals surface area (Å²) in [5.41, 5.74) is 0. The van der Waals surface area contributed by atoms with E-state index in [2.05, 4.69) is 57.2 Å². The summed E-state index contributed by atoms with van der Waals surface area (Å²) in [7, 11) is 0. The lowest BCUT2D eigenvalue weighted by Gasteiger charge is -2.18. The van der Waals surface area contributed by atoms with E-state index in [0.717, 1.165) is 70.6 Å². The molecule has 0 N–H and O–H groups in total. The number of rotatable bonds is 52. The van der Waals surface area contributed by atoms with Crippen molar-refractivity contribution in [3.05, 3.63) is 36.5 Å². The Morgan fingerprint density at radius 1 is 0.308 bits per heavy atom. The fourth-order valence-corrected chi connectivity index (χ4v) is 8.29. The minimum Gasteiger partial charge on any atom is -0.462 e. The Hall–Kier alpha value is -2.37. The van der Waals surface area contributed by atoms with Gasteiger partial charge in [0, 0.05) is 19.3 Å². The monoisotopic (exact) mass is 913 g/mol. The molecule has 0 aromatic rings. The highest BCUT2D eigenvalue weighted by atomic mass is 16.6. The molecule has 0 rings (SSSR count). The molecule has 0 aromatic carbocycles. The molecule has 0 amide bonds. The maximum atomic E-state index is 12.8. The molecule has 6 nitrogen and oxygen atoms in total. The van der Waals surface area contributed by atoms with Gasteiger partial charge in [0.15, 0.2) is 6.10 Å². The second-order valence-corrected chi connectivity index (χ2v) is 19.2. The molecular formula is C59H108O6. The Morgan fingerprint density at radius 2 is 0.554 bits per heavy atom. The second-order valence-electron chi connectivity index (χ2n) is 19.2. The predicted molar refractivity (Wildman–Crippen MR) is 279 cm³/mol. The number of unbranched alkanes of at least 4 members (excludes halogenated alkanes) is 35. The number of hydrogen-bond acceptors (Lipinski definition) is 6. The molecule has 0 saturated heterocycles. The lowest BCUT2D eigenvalue weighted by molar-refractivity contribution is -0.167. The van der Waals surface area contributed by atoms with E-state index in [1.54, 1.807) is 0 Å². The summed E-state index contributed by atoms with van der Waals surface area (Å²) in [6.45, 7) is 6.61. The fraction of sp³-hybridized carbons (Fsp3) is 0.847. The van der Waals surface area contributed by atoms with Crippen LogP contribution in [0.2, 0.25) is 0 Å². The van der Waals surface area contributed by atoms with Crippen LogP contribution in [-0.2, 0) is 28.6 Å². The summed E-state index contributed by atoms with van der Waals surface area (Å²) >= 11 is 0. The molecule has 0 aromatic heterocycles. The highest BCUT2D eigenvalue weighted by Crippen LogP contribution is 2.16. The average Bonchev–Trinajstić information content (AvgIpc) is 3.30. The molecule has 380 valence electrons. The van der Waals surface area contributed by atoms with Crippen LogP contribution in [0.4, 0.5) is 0 Å². The minimum atomic E-state index is -0.771. The van der Waals surface area contributed by atoms with E-state index in [1.165, 1.54) is 193 Å². The van der Waals surface area contributed by atoms with Crippen LogP contribution in [0.3, 0.4) is 0 Å². The number of allylic oxidation sites excluding steroid dienone is 6. The number of esters is 3. The zero-order valence-electron chi connectivity index (χ0n) is 43.5. The van der Waals surface area contributed by atoms with E-state index in [0.29, 0.717) is 19.3 Å². The van der Waals surface area contributed by atoms with Gasteiger partial charge in [0.1, 0.15) is 13.2 Å². The molecule has 0 fully saturated rings. The first-order chi connectivity index (χ1) is 32.0. The average molecular weight is 914 g/mol. The lowest BCUT2D eigenvalue weighted by Crippen LogP contribution is -2.30. The van der Waals surface area contributed by atoms with Crippen molar-refractivity contribution in [3.63, 3.8) is 0 Å². The van der Waals surface area contributed by atoms with Crippen molar-refractivity contribution in [1.82, 2.24) is 0 Å². The van der Waals surface area contributed by atoms with Crippen LogP contribution in [0.25, 0.3) is 0 Å². The molecule has 1 unspecified atom stereocenters. The van der Waals surface area contributed by atoms with Crippen LogP contribution in [-0.4, -0.2) is 37.2 Å². The van der Waals surface area contributed by atoms with Gasteiger partial charge in [-0.15, -0.1) is 0 Å². The molecule has 0 saturated carbocycles. The Labute approximate surface area is 404 Å². The third kappa shape index (κ3) is 52.5. The van der Waals surface area contributed by atoms with Crippen molar-refractivity contribution in [3.8, 4) is 0 Å². The van der Waals surface area contributed by atoms with Crippen molar-refractivity contribution in [2.45, 2.75) is 309 Å². The standard InChI is InChI=1S/C59H108O6/c1-4-7-10-13-16-19-21-23-24-25-26-27-28-29-30-31-32-33-34-36-37-40-43-46-49-52-58(61)64-55-56(54-63-57(60)51-48-45-42-39-18-15-12-9-6-3)65-59(62)53-50-47-44-41-38-35-22-20-17-14-11-8-5-2/h20-23,25-26,56H,4-19,24,27-55H2,1-3H3/b22-20-,23-21-,26-25-. The molecule has 0 spiro atoms. The Bertz CT molecular complexity index is 1090. The first-order valence-corrected chi connectivity index (χ1v) is 28.5. The molecule has 1 atom stereocenters. The van der Waals surface area contributed by atoms with Gasteiger partial charge in [-0.1, -0.05) is 243 Å². The zero-order valence-corrected chi connectivity index (χ0v) is 43.5. The smallest absolute Gasteiger partial charge is 0.306 e. The van der Waals surface area contributed by atoms with Crippen LogP contribution in [0.5, 0.6) is 0 Å². The predicted octanol–water partition coefficient (Wildman–Crippen LogP) is 18.9. The summed E-state index contributed by atoms with van der Waals surface area (Å²) in [4.78, 5) is 37.9. The molecule has 0 aliphatic rings. The number of ether oxygens (including phenoxy) is 3. The van der Waals surface area contributed by atoms with Gasteiger partial charge in [0.2, 0.25) is 0 Å². The number of hydrogen-bond donors (Lipinski definition) is 0. The SMILES string of the molecule is CCCCCC/C=C\CCCCCCCC(=O)OC(COC(=O)CCCCCCCCCCC)COC(=O)CCCCCCCCCCCCCCC/C=C\C/C=C\CCCCCCC. The van der Waals surface area contributed by atoms with Crippen molar-refractivity contribution in [1.29, 1.82) is 0 Å². The highest BCUT2D eigenvalue weighted by Gasteiger charge is 2.19. The maximum Gasteiger partial charge on any atom is 0.306 e. The molecular weight excluding hydrogens is 805 g/mol. The minimum absolute atomic E-state index is 0.0724. The molecule has 6 heteroatoms. The van der Waals surface area contributed by atoms with Gasteiger partial charge < -0.3 is 14.2 Å². The lowest BCUT2D eigenvalue weighted by atomic mass is 10.0. The summed E-state index contributed by atoms with van der Waals surface area (Å²) in [5, 5.41) is 0. The van der Waals surface area contributed by atoms with Crippen molar-refractivity contribution >= 4 is 17.9 Å². The van der Waals surface area contributed by atoms with Crippen LogP contribution in [0.1, 0.15) is 303 Å². The second kappa shape index (κ2) is 54.2. The van der Waals surface area contributed by atoms with E-state index in [4.69, 9.17) is 14.2 Å². The quantitative estimate of drug-likeness (QED) is 0.0262. The van der Waals surface area contributed by atoms with Gasteiger partial charge in [-0.25, -0.2) is 0 Å². The van der Waals surface area contributed by atoms with Crippen LogP contribution in [0, 0.1) is 0 Å². The normalized spacial score (nSPS) is 12.2. The fourth-order valence-electron chi connectivity index (χ4n) is 8.29. The van der Waals surface area contributed by atoms with Gasteiger partial charge in [0.05, 0.1) is 0 Å². The van der Waals surface area contributed by atoms with E-state index < -0.39 is 6.10 Å². The van der Waals surface area contributed by atoms with Gasteiger partial charge in [-0.2, -0.15) is 0 Å². The van der Waals surface area contributed by atoms with Crippen molar-refractivity contribution in [2.24, 2.45) is 0 Å². The number of carbonyl (C=O) groups is 3. The third-order valence-corrected chi connectivity index (χ3v) is 12.6. The topological polar surface area (TPSA) is 78.9 Å². The molecule has 0 bridgehead atoms. The van der Waals surface area contributed by atoms with E-state index in [9.17, 15) is 14.4 Å². The van der Waals surface area contributed by atoms with Gasteiger partial charge in [-0.05, 0) is 77.0 Å². The van der Waals surface area contributed by atoms with E-state index >= 15 is 0 Å². The number of carbonyl (C=O) groups excluding carboxylic acids is 3. The molecule has 0 aliphatic heterocycles. The van der Waals surface area contributed by atoms with Gasteiger partial charge >= 0.3 is 17.9 Å². The molecule has 0 radical (unpaired) electrons. The van der Waals surface area contributed by atoms with Gasteiger partial charge in [0.25, 0.3) is 0 Å². The molecule has 0 aliphatic carbocycles. The first-order valence-electron chi connectivity index (χ1n) is 28.5. The summed E-state index contributed by atoms with van der Waals surface area (Å²) < 4.78 is 16.8. The maximum absolute atomic E-state index is 12.8. The summed E-state index contributed by atoms with van der Waals surface area (Å²) in [6, 6.07) is 0. The van der Waals surface area contributed by atoms with E-state index in [1.807, 2.05) is 0 Å².